The first kappa shape index (κ1) is 14.0. The van der Waals surface area contributed by atoms with Gasteiger partial charge in [0.05, 0.1) is 26.4 Å². The molecule has 1 aliphatic heterocycles. The Balaban J connectivity index is 1.75. The Labute approximate surface area is 123 Å². The molecule has 1 aromatic carbocycles. The van der Waals surface area contributed by atoms with Crippen LogP contribution in [0.5, 0.6) is 5.75 Å². The molecule has 1 aromatic heterocycles. The van der Waals surface area contributed by atoms with Crippen LogP contribution in [0.4, 0.5) is 0 Å². The molecule has 0 radical (unpaired) electrons. The number of benzene rings is 1. The summed E-state index contributed by atoms with van der Waals surface area (Å²) in [4.78, 5) is 2.29. The average Bonchev–Trinajstić information content (AvgIpc) is 3.05. The Kier molecular flexibility index (Phi) is 4.17. The largest absolute Gasteiger partial charge is 0.497 e. The standard InChI is InChI=1S/C15H19N3O3/c1-11(18-7-9-20-10-8-18)14-16-17-15(21-14)12-3-5-13(19-2)6-4-12/h3-6,11H,7-10H2,1-2H3/t11-/m1/s1. The molecule has 0 bridgehead atoms. The number of aromatic nitrogens is 2. The molecule has 0 N–H and O–H groups in total. The van der Waals surface area contributed by atoms with Gasteiger partial charge in [-0.2, -0.15) is 0 Å². The monoisotopic (exact) mass is 289 g/mol. The van der Waals surface area contributed by atoms with E-state index in [1.54, 1.807) is 7.11 Å². The molecule has 0 spiro atoms. The highest BCUT2D eigenvalue weighted by Gasteiger charge is 2.23. The first-order chi connectivity index (χ1) is 10.3. The molecule has 2 aromatic rings. The lowest BCUT2D eigenvalue weighted by Crippen LogP contribution is -2.38. The van der Waals surface area contributed by atoms with E-state index in [0.29, 0.717) is 11.8 Å². The van der Waals surface area contributed by atoms with Crippen molar-refractivity contribution in [2.75, 3.05) is 33.4 Å². The maximum Gasteiger partial charge on any atom is 0.247 e. The van der Waals surface area contributed by atoms with E-state index in [4.69, 9.17) is 13.9 Å². The molecule has 0 aliphatic carbocycles. The van der Waals surface area contributed by atoms with Crippen LogP contribution in [-0.4, -0.2) is 48.5 Å². The Bertz CT molecular complexity index is 576. The van der Waals surface area contributed by atoms with Crippen LogP contribution in [0.3, 0.4) is 0 Å². The predicted octanol–water partition coefficient (Wildman–Crippen LogP) is 2.14. The number of hydrogen-bond donors (Lipinski definition) is 0. The zero-order chi connectivity index (χ0) is 14.7. The second-order valence-corrected chi connectivity index (χ2v) is 5.00. The Morgan fingerprint density at radius 2 is 1.86 bits per heavy atom. The van der Waals surface area contributed by atoms with Crippen molar-refractivity contribution in [3.05, 3.63) is 30.2 Å². The minimum Gasteiger partial charge on any atom is -0.497 e. The van der Waals surface area contributed by atoms with Crippen LogP contribution in [0.1, 0.15) is 18.9 Å². The fourth-order valence-corrected chi connectivity index (χ4v) is 2.37. The van der Waals surface area contributed by atoms with Gasteiger partial charge in [-0.15, -0.1) is 10.2 Å². The molecule has 21 heavy (non-hydrogen) atoms. The first-order valence-corrected chi connectivity index (χ1v) is 7.07. The van der Waals surface area contributed by atoms with Gasteiger partial charge in [-0.1, -0.05) is 0 Å². The molecule has 2 heterocycles. The van der Waals surface area contributed by atoms with E-state index < -0.39 is 0 Å². The maximum absolute atomic E-state index is 5.81. The van der Waals surface area contributed by atoms with Crippen LogP contribution < -0.4 is 4.74 Å². The van der Waals surface area contributed by atoms with Gasteiger partial charge in [-0.25, -0.2) is 0 Å². The van der Waals surface area contributed by atoms with Gasteiger partial charge in [-0.3, -0.25) is 4.90 Å². The molecular weight excluding hydrogens is 270 g/mol. The van der Waals surface area contributed by atoms with Crippen LogP contribution >= 0.6 is 0 Å². The smallest absolute Gasteiger partial charge is 0.247 e. The van der Waals surface area contributed by atoms with E-state index in [1.165, 1.54) is 0 Å². The molecule has 6 heteroatoms. The lowest BCUT2D eigenvalue weighted by molar-refractivity contribution is 0.0147. The molecule has 1 saturated heterocycles. The summed E-state index contributed by atoms with van der Waals surface area (Å²) in [5.41, 5.74) is 0.892. The van der Waals surface area contributed by atoms with Crippen LogP contribution in [0, 0.1) is 0 Å². The first-order valence-electron chi connectivity index (χ1n) is 7.07. The van der Waals surface area contributed by atoms with Gasteiger partial charge >= 0.3 is 0 Å². The summed E-state index contributed by atoms with van der Waals surface area (Å²) in [6, 6.07) is 7.69. The molecule has 6 nitrogen and oxygen atoms in total. The van der Waals surface area contributed by atoms with E-state index in [1.807, 2.05) is 24.3 Å². The Morgan fingerprint density at radius 3 is 2.52 bits per heavy atom. The molecule has 1 fully saturated rings. The number of morpholine rings is 1. The van der Waals surface area contributed by atoms with Gasteiger partial charge in [0, 0.05) is 18.7 Å². The maximum atomic E-state index is 5.81. The Morgan fingerprint density at radius 1 is 1.14 bits per heavy atom. The number of nitrogens with zero attached hydrogens (tertiary/aromatic N) is 3. The Hall–Kier alpha value is -1.92. The minimum absolute atomic E-state index is 0.105. The fourth-order valence-electron chi connectivity index (χ4n) is 2.37. The van der Waals surface area contributed by atoms with Gasteiger partial charge in [0.2, 0.25) is 11.8 Å². The second kappa shape index (κ2) is 6.24. The second-order valence-electron chi connectivity index (χ2n) is 5.00. The number of rotatable bonds is 4. The van der Waals surface area contributed by atoms with E-state index >= 15 is 0 Å². The highest BCUT2D eigenvalue weighted by molar-refractivity contribution is 5.53. The van der Waals surface area contributed by atoms with Crippen LogP contribution in [0.25, 0.3) is 11.5 Å². The van der Waals surface area contributed by atoms with Gasteiger partial charge in [0.15, 0.2) is 0 Å². The highest BCUT2D eigenvalue weighted by Crippen LogP contribution is 2.25. The zero-order valence-electron chi connectivity index (χ0n) is 12.3. The third kappa shape index (κ3) is 3.06. The average molecular weight is 289 g/mol. The minimum atomic E-state index is 0.105. The topological polar surface area (TPSA) is 60.6 Å². The third-order valence-corrected chi connectivity index (χ3v) is 3.73. The summed E-state index contributed by atoms with van der Waals surface area (Å²) in [5.74, 6) is 1.98. The van der Waals surface area contributed by atoms with E-state index in [-0.39, 0.29) is 6.04 Å². The van der Waals surface area contributed by atoms with Crippen molar-refractivity contribution < 1.29 is 13.9 Å². The van der Waals surface area contributed by atoms with Crippen molar-refractivity contribution in [1.29, 1.82) is 0 Å². The van der Waals surface area contributed by atoms with Crippen molar-refractivity contribution in [2.24, 2.45) is 0 Å². The van der Waals surface area contributed by atoms with E-state index in [0.717, 1.165) is 37.6 Å². The normalized spacial score (nSPS) is 17.6. The zero-order valence-corrected chi connectivity index (χ0v) is 12.3. The quantitative estimate of drug-likeness (QED) is 0.859. The van der Waals surface area contributed by atoms with Gasteiger partial charge in [0.25, 0.3) is 0 Å². The van der Waals surface area contributed by atoms with Crippen molar-refractivity contribution in [3.8, 4) is 17.2 Å². The molecule has 1 aliphatic rings. The molecule has 0 unspecified atom stereocenters. The number of ether oxygens (including phenoxy) is 2. The summed E-state index contributed by atoms with van der Waals surface area (Å²) in [5, 5.41) is 8.32. The molecule has 0 amide bonds. The highest BCUT2D eigenvalue weighted by atomic mass is 16.5. The summed E-state index contributed by atoms with van der Waals surface area (Å²) < 4.78 is 16.3. The number of methoxy groups -OCH3 is 1. The predicted molar refractivity (Wildman–Crippen MR) is 77.1 cm³/mol. The van der Waals surface area contributed by atoms with Crippen molar-refractivity contribution in [1.82, 2.24) is 15.1 Å². The molecule has 0 saturated carbocycles. The van der Waals surface area contributed by atoms with Crippen molar-refractivity contribution in [3.63, 3.8) is 0 Å². The van der Waals surface area contributed by atoms with E-state index in [2.05, 4.69) is 22.0 Å². The third-order valence-electron chi connectivity index (χ3n) is 3.73. The lowest BCUT2D eigenvalue weighted by atomic mass is 10.2. The summed E-state index contributed by atoms with van der Waals surface area (Å²) in [6.45, 7) is 5.37. The SMILES string of the molecule is COc1ccc(-c2nnc([C@@H](C)N3CCOCC3)o2)cc1. The number of hydrogen-bond acceptors (Lipinski definition) is 6. The molecule has 3 rings (SSSR count). The van der Waals surface area contributed by atoms with E-state index in [9.17, 15) is 0 Å². The molecule has 112 valence electrons. The van der Waals surface area contributed by atoms with Crippen LogP contribution in [0.15, 0.2) is 28.7 Å². The van der Waals surface area contributed by atoms with Gasteiger partial charge < -0.3 is 13.9 Å². The van der Waals surface area contributed by atoms with Crippen LogP contribution in [0.2, 0.25) is 0 Å². The lowest BCUT2D eigenvalue weighted by Gasteiger charge is -2.30. The molecule has 1 atom stereocenters. The van der Waals surface area contributed by atoms with Gasteiger partial charge in [-0.05, 0) is 31.2 Å². The van der Waals surface area contributed by atoms with Crippen LogP contribution in [-0.2, 0) is 4.74 Å². The molecular formula is C15H19N3O3. The summed E-state index contributed by atoms with van der Waals surface area (Å²) in [6.07, 6.45) is 0. The van der Waals surface area contributed by atoms with Gasteiger partial charge in [0.1, 0.15) is 5.75 Å². The summed E-state index contributed by atoms with van der Waals surface area (Å²) in [7, 11) is 1.64. The fraction of sp³-hybridized carbons (Fsp3) is 0.467. The summed E-state index contributed by atoms with van der Waals surface area (Å²) >= 11 is 0. The van der Waals surface area contributed by atoms with Crippen molar-refractivity contribution in [2.45, 2.75) is 13.0 Å². The van der Waals surface area contributed by atoms with Crippen molar-refractivity contribution >= 4 is 0 Å².